The second-order valence-electron chi connectivity index (χ2n) is 7.73. The van der Waals surface area contributed by atoms with Gasteiger partial charge in [-0.1, -0.05) is 18.2 Å². The molecule has 0 saturated carbocycles. The molecule has 33 heavy (non-hydrogen) atoms. The molecule has 1 aromatic heterocycles. The van der Waals surface area contributed by atoms with Crippen LogP contribution >= 0.6 is 0 Å². The molecule has 8 heteroatoms. The van der Waals surface area contributed by atoms with Crippen molar-refractivity contribution in [2.24, 2.45) is 4.99 Å². The maximum atomic E-state index is 12.2. The number of hydrogen-bond donors (Lipinski definition) is 2. The zero-order chi connectivity index (χ0) is 22.5. The van der Waals surface area contributed by atoms with Crippen LogP contribution in [-0.2, 0) is 9.53 Å². The lowest BCUT2D eigenvalue weighted by atomic mass is 10.1. The Balaban J connectivity index is 1.24. The second-order valence-corrected chi connectivity index (χ2v) is 7.73. The standard InChI is InChI=1S/C25H24N6O2/c32-24(23-2-1-12-26-23)28-19-5-3-18(4-6-19)22-11-13-27-25(30-22)29-20-7-9-21(10-8-20)31-14-16-33-17-15-31/h1,3-13H,2,14-17H2,(H,28,32)(H,27,29,30). The van der Waals surface area contributed by atoms with E-state index in [4.69, 9.17) is 4.74 Å². The molecule has 2 aromatic carbocycles. The first-order valence-electron chi connectivity index (χ1n) is 10.9. The number of amides is 1. The molecule has 3 heterocycles. The van der Waals surface area contributed by atoms with Gasteiger partial charge in [0.15, 0.2) is 0 Å². The molecular weight excluding hydrogens is 416 g/mol. The maximum absolute atomic E-state index is 12.2. The Labute approximate surface area is 192 Å². The Morgan fingerprint density at radius 1 is 0.939 bits per heavy atom. The minimum Gasteiger partial charge on any atom is -0.378 e. The van der Waals surface area contributed by atoms with Crippen molar-refractivity contribution in [3.05, 3.63) is 73.1 Å². The smallest absolute Gasteiger partial charge is 0.270 e. The maximum Gasteiger partial charge on any atom is 0.270 e. The number of carbonyl (C=O) groups is 1. The molecule has 0 aliphatic carbocycles. The summed E-state index contributed by atoms with van der Waals surface area (Å²) in [6.45, 7) is 3.35. The molecule has 0 radical (unpaired) electrons. The highest BCUT2D eigenvalue weighted by molar-refractivity contribution is 6.43. The van der Waals surface area contributed by atoms with Crippen LogP contribution in [-0.4, -0.2) is 47.9 Å². The van der Waals surface area contributed by atoms with Crippen LogP contribution in [0, 0.1) is 0 Å². The highest BCUT2D eigenvalue weighted by atomic mass is 16.5. The Morgan fingerprint density at radius 3 is 2.42 bits per heavy atom. The minimum absolute atomic E-state index is 0.180. The van der Waals surface area contributed by atoms with Gasteiger partial charge in [-0.15, -0.1) is 0 Å². The molecule has 166 valence electrons. The normalized spacial score (nSPS) is 15.3. The van der Waals surface area contributed by atoms with Gasteiger partial charge in [-0.3, -0.25) is 9.79 Å². The number of carbonyl (C=O) groups excluding carboxylic acids is 1. The first-order valence-corrected chi connectivity index (χ1v) is 10.9. The molecule has 3 aromatic rings. The summed E-state index contributed by atoms with van der Waals surface area (Å²) in [7, 11) is 0. The lowest BCUT2D eigenvalue weighted by Crippen LogP contribution is -2.36. The van der Waals surface area contributed by atoms with Gasteiger partial charge in [-0.05, 0) is 42.5 Å². The Morgan fingerprint density at radius 2 is 1.70 bits per heavy atom. The van der Waals surface area contributed by atoms with Crippen LogP contribution in [0.2, 0.25) is 0 Å². The SMILES string of the molecule is O=C(Nc1ccc(-c2ccnc(Nc3ccc(N4CCOCC4)cc3)n2)cc1)C1=NC=CC1. The summed E-state index contributed by atoms with van der Waals surface area (Å²) in [4.78, 5) is 27.5. The quantitative estimate of drug-likeness (QED) is 0.602. The number of aliphatic imine (C=N–C) groups is 1. The predicted octanol–water partition coefficient (Wildman–Crippen LogP) is 4.02. The van der Waals surface area contributed by atoms with E-state index in [1.54, 1.807) is 12.4 Å². The first kappa shape index (κ1) is 20.8. The van der Waals surface area contributed by atoms with Crippen molar-refractivity contribution in [3.8, 4) is 11.3 Å². The van der Waals surface area contributed by atoms with Crippen molar-refractivity contribution >= 4 is 34.6 Å². The van der Waals surface area contributed by atoms with Crippen molar-refractivity contribution in [2.45, 2.75) is 6.42 Å². The van der Waals surface area contributed by atoms with Gasteiger partial charge < -0.3 is 20.3 Å². The average molecular weight is 441 g/mol. The van der Waals surface area contributed by atoms with E-state index < -0.39 is 0 Å². The monoisotopic (exact) mass is 440 g/mol. The molecule has 1 fully saturated rings. The summed E-state index contributed by atoms with van der Waals surface area (Å²) in [5.41, 5.74) is 5.06. The fourth-order valence-corrected chi connectivity index (χ4v) is 3.72. The van der Waals surface area contributed by atoms with Gasteiger partial charge in [0.1, 0.15) is 5.71 Å². The van der Waals surface area contributed by atoms with Gasteiger partial charge in [0, 0.05) is 54.5 Å². The summed E-state index contributed by atoms with van der Waals surface area (Å²) in [6.07, 6.45) is 5.80. The van der Waals surface area contributed by atoms with Crippen molar-refractivity contribution in [2.75, 3.05) is 41.8 Å². The number of anilines is 4. The van der Waals surface area contributed by atoms with Crippen molar-refractivity contribution in [1.82, 2.24) is 9.97 Å². The van der Waals surface area contributed by atoms with E-state index in [2.05, 4.69) is 42.6 Å². The van der Waals surface area contributed by atoms with E-state index in [-0.39, 0.29) is 5.91 Å². The second kappa shape index (κ2) is 9.62. The van der Waals surface area contributed by atoms with Crippen molar-refractivity contribution < 1.29 is 9.53 Å². The number of hydrogen-bond acceptors (Lipinski definition) is 7. The molecule has 2 aliphatic rings. The number of morpholine rings is 1. The summed E-state index contributed by atoms with van der Waals surface area (Å²) in [5.74, 6) is 0.344. The zero-order valence-electron chi connectivity index (χ0n) is 18.1. The molecule has 1 saturated heterocycles. The molecule has 0 unspecified atom stereocenters. The lowest BCUT2D eigenvalue weighted by molar-refractivity contribution is -0.110. The largest absolute Gasteiger partial charge is 0.378 e. The molecule has 0 spiro atoms. The summed E-state index contributed by atoms with van der Waals surface area (Å²) < 4.78 is 5.42. The molecular formula is C25H24N6O2. The third kappa shape index (κ3) is 5.07. The van der Waals surface area contributed by atoms with Crippen LogP contribution in [0.5, 0.6) is 0 Å². The van der Waals surface area contributed by atoms with Crippen LogP contribution in [0.4, 0.5) is 23.0 Å². The number of nitrogens with one attached hydrogen (secondary N) is 2. The fraction of sp³-hybridized carbons (Fsp3) is 0.200. The predicted molar refractivity (Wildman–Crippen MR) is 130 cm³/mol. The first-order chi connectivity index (χ1) is 16.2. The van der Waals surface area contributed by atoms with Crippen LogP contribution in [0.1, 0.15) is 6.42 Å². The van der Waals surface area contributed by atoms with Crippen LogP contribution < -0.4 is 15.5 Å². The Bertz CT molecular complexity index is 1180. The summed E-state index contributed by atoms with van der Waals surface area (Å²) in [5, 5.41) is 6.14. The van der Waals surface area contributed by atoms with Gasteiger partial charge in [0.25, 0.3) is 5.91 Å². The third-order valence-corrected chi connectivity index (χ3v) is 5.50. The lowest BCUT2D eigenvalue weighted by Gasteiger charge is -2.28. The van der Waals surface area contributed by atoms with E-state index in [0.717, 1.165) is 43.2 Å². The number of aromatic nitrogens is 2. The van der Waals surface area contributed by atoms with Crippen LogP contribution in [0.3, 0.4) is 0 Å². The topological polar surface area (TPSA) is 91.7 Å². The van der Waals surface area contributed by atoms with E-state index in [0.29, 0.717) is 23.8 Å². The average Bonchev–Trinajstić information content (AvgIpc) is 3.41. The number of benzene rings is 2. The number of ether oxygens (including phenoxy) is 1. The van der Waals surface area contributed by atoms with E-state index in [9.17, 15) is 4.79 Å². The highest BCUT2D eigenvalue weighted by Crippen LogP contribution is 2.23. The van der Waals surface area contributed by atoms with Gasteiger partial charge in [0.05, 0.1) is 18.9 Å². The number of allylic oxidation sites excluding steroid dienone is 1. The molecule has 5 rings (SSSR count). The van der Waals surface area contributed by atoms with Crippen molar-refractivity contribution in [1.29, 1.82) is 0 Å². The zero-order valence-corrected chi connectivity index (χ0v) is 18.1. The molecule has 1 amide bonds. The Hall–Kier alpha value is -4.04. The molecule has 2 aliphatic heterocycles. The number of rotatable bonds is 6. The van der Waals surface area contributed by atoms with Gasteiger partial charge in [0.2, 0.25) is 5.95 Å². The third-order valence-electron chi connectivity index (χ3n) is 5.50. The molecule has 8 nitrogen and oxygen atoms in total. The van der Waals surface area contributed by atoms with Gasteiger partial charge >= 0.3 is 0 Å². The summed E-state index contributed by atoms with van der Waals surface area (Å²) in [6, 6.07) is 17.7. The fourth-order valence-electron chi connectivity index (χ4n) is 3.72. The molecule has 0 atom stereocenters. The van der Waals surface area contributed by atoms with Crippen molar-refractivity contribution in [3.63, 3.8) is 0 Å². The van der Waals surface area contributed by atoms with E-state index in [1.807, 2.05) is 48.5 Å². The molecule has 0 bridgehead atoms. The summed E-state index contributed by atoms with van der Waals surface area (Å²) >= 11 is 0. The highest BCUT2D eigenvalue weighted by Gasteiger charge is 2.13. The minimum atomic E-state index is -0.180. The van der Waals surface area contributed by atoms with Crippen LogP contribution in [0.15, 0.2) is 78.1 Å². The Kier molecular flexibility index (Phi) is 6.08. The van der Waals surface area contributed by atoms with Gasteiger partial charge in [-0.25, -0.2) is 9.97 Å². The van der Waals surface area contributed by atoms with E-state index in [1.165, 1.54) is 5.69 Å². The van der Waals surface area contributed by atoms with E-state index >= 15 is 0 Å². The number of nitrogens with zero attached hydrogens (tertiary/aromatic N) is 4. The van der Waals surface area contributed by atoms with Gasteiger partial charge in [-0.2, -0.15) is 0 Å². The van der Waals surface area contributed by atoms with Crippen LogP contribution in [0.25, 0.3) is 11.3 Å². The molecule has 2 N–H and O–H groups in total.